The van der Waals surface area contributed by atoms with E-state index in [1.165, 1.54) is 0 Å². The van der Waals surface area contributed by atoms with Gasteiger partial charge in [0.1, 0.15) is 0 Å². The number of carbonyl (C=O) groups is 1. The Bertz CT molecular complexity index is 547. The van der Waals surface area contributed by atoms with Crippen LogP contribution in [-0.2, 0) is 13.1 Å². The van der Waals surface area contributed by atoms with Crippen molar-refractivity contribution >= 4 is 11.6 Å². The molecule has 0 saturated carbocycles. The third kappa shape index (κ3) is 2.68. The summed E-state index contributed by atoms with van der Waals surface area (Å²) < 4.78 is 1.92. The number of hydrogen-bond acceptors (Lipinski definition) is 3. The van der Waals surface area contributed by atoms with Gasteiger partial charge in [0.05, 0.1) is 12.2 Å². The second kappa shape index (κ2) is 5.35. The van der Waals surface area contributed by atoms with Gasteiger partial charge in [-0.15, -0.1) is 0 Å². The third-order valence-electron chi connectivity index (χ3n) is 2.72. The number of amides is 1. The molecule has 18 heavy (non-hydrogen) atoms. The smallest absolute Gasteiger partial charge is 0.248 e. The lowest BCUT2D eigenvalue weighted by Crippen LogP contribution is -2.12. The number of carbonyl (C=O) groups excluding carboxylic acids is 1. The van der Waals surface area contributed by atoms with E-state index in [-0.39, 0.29) is 0 Å². The van der Waals surface area contributed by atoms with Crippen LogP contribution in [0, 0.1) is 0 Å². The molecule has 0 saturated heterocycles. The van der Waals surface area contributed by atoms with E-state index in [4.69, 9.17) is 5.73 Å². The monoisotopic (exact) mass is 244 g/mol. The van der Waals surface area contributed by atoms with Crippen molar-refractivity contribution in [3.05, 3.63) is 47.8 Å². The predicted molar refractivity (Wildman–Crippen MR) is 70.2 cm³/mol. The number of benzene rings is 1. The van der Waals surface area contributed by atoms with Crippen LogP contribution in [0.2, 0.25) is 0 Å². The minimum absolute atomic E-state index is 0.419. The Morgan fingerprint density at radius 3 is 3.00 bits per heavy atom. The number of aromatic nitrogens is 2. The normalized spacial score (nSPS) is 10.3. The summed E-state index contributed by atoms with van der Waals surface area (Å²) in [7, 11) is 0. The highest BCUT2D eigenvalue weighted by Crippen LogP contribution is 2.11. The molecule has 0 aliphatic heterocycles. The summed E-state index contributed by atoms with van der Waals surface area (Å²) in [5, 5.41) is 7.44. The molecule has 5 heteroatoms. The standard InChI is InChI=1S/C13H16N4O/c1-2-17-12(6-7-16-17)9-15-11-5-3-4-10(8-11)13(14)18/h3-8,15H,2,9H2,1H3,(H2,14,18). The molecule has 1 aromatic carbocycles. The van der Waals surface area contributed by atoms with Gasteiger partial charge in [-0.05, 0) is 31.2 Å². The Balaban J connectivity index is 2.06. The van der Waals surface area contributed by atoms with Crippen molar-refractivity contribution in [3.63, 3.8) is 0 Å². The molecule has 1 amide bonds. The average Bonchev–Trinajstić information content (AvgIpc) is 2.84. The van der Waals surface area contributed by atoms with Gasteiger partial charge in [-0.2, -0.15) is 5.10 Å². The first-order valence-corrected chi connectivity index (χ1v) is 5.85. The van der Waals surface area contributed by atoms with E-state index in [1.807, 2.05) is 23.7 Å². The molecule has 0 unspecified atom stereocenters. The number of nitrogens with one attached hydrogen (secondary N) is 1. The zero-order valence-electron chi connectivity index (χ0n) is 10.3. The lowest BCUT2D eigenvalue weighted by molar-refractivity contribution is 0.100. The zero-order valence-corrected chi connectivity index (χ0v) is 10.3. The maximum Gasteiger partial charge on any atom is 0.248 e. The molecule has 1 heterocycles. The largest absolute Gasteiger partial charge is 0.379 e. The van der Waals surface area contributed by atoms with Gasteiger partial charge >= 0.3 is 0 Å². The van der Waals surface area contributed by atoms with Crippen LogP contribution in [0.1, 0.15) is 23.0 Å². The van der Waals surface area contributed by atoms with Crippen LogP contribution in [0.4, 0.5) is 5.69 Å². The first-order chi connectivity index (χ1) is 8.70. The summed E-state index contributed by atoms with van der Waals surface area (Å²) in [6.07, 6.45) is 1.78. The maximum atomic E-state index is 11.1. The van der Waals surface area contributed by atoms with Crippen molar-refractivity contribution in [2.75, 3.05) is 5.32 Å². The molecule has 5 nitrogen and oxygen atoms in total. The van der Waals surface area contributed by atoms with Gasteiger partial charge in [-0.1, -0.05) is 6.07 Å². The summed E-state index contributed by atoms with van der Waals surface area (Å²) in [5.74, 6) is -0.419. The van der Waals surface area contributed by atoms with Gasteiger partial charge in [-0.25, -0.2) is 0 Å². The Hall–Kier alpha value is -2.30. The molecule has 0 radical (unpaired) electrons. The summed E-state index contributed by atoms with van der Waals surface area (Å²) in [6, 6.07) is 9.12. The van der Waals surface area contributed by atoms with Crippen molar-refractivity contribution < 1.29 is 4.79 Å². The average molecular weight is 244 g/mol. The topological polar surface area (TPSA) is 72.9 Å². The molecule has 0 aliphatic carbocycles. The lowest BCUT2D eigenvalue weighted by Gasteiger charge is -2.08. The van der Waals surface area contributed by atoms with Gasteiger partial charge in [-0.3, -0.25) is 9.48 Å². The second-order valence-corrected chi connectivity index (χ2v) is 3.94. The third-order valence-corrected chi connectivity index (χ3v) is 2.72. The molecule has 0 aliphatic rings. The fourth-order valence-corrected chi connectivity index (χ4v) is 1.77. The number of nitrogens with two attached hydrogens (primary N) is 1. The van der Waals surface area contributed by atoms with E-state index in [0.29, 0.717) is 12.1 Å². The number of nitrogens with zero attached hydrogens (tertiary/aromatic N) is 2. The molecule has 1 aromatic heterocycles. The quantitative estimate of drug-likeness (QED) is 0.839. The second-order valence-electron chi connectivity index (χ2n) is 3.94. The van der Waals surface area contributed by atoms with Gasteiger partial charge in [0, 0.05) is 24.0 Å². The number of primary amides is 1. The first kappa shape index (κ1) is 12.2. The summed E-state index contributed by atoms with van der Waals surface area (Å²) in [6.45, 7) is 3.55. The van der Waals surface area contributed by atoms with Gasteiger partial charge in [0.15, 0.2) is 0 Å². The molecule has 2 rings (SSSR count). The van der Waals surface area contributed by atoms with Gasteiger partial charge < -0.3 is 11.1 Å². The van der Waals surface area contributed by atoms with Crippen molar-refractivity contribution in [3.8, 4) is 0 Å². The molecule has 0 atom stereocenters. The summed E-state index contributed by atoms with van der Waals surface area (Å²) in [5.41, 5.74) is 7.71. The Kier molecular flexibility index (Phi) is 3.62. The SMILES string of the molecule is CCn1nccc1CNc1cccc(C(N)=O)c1. The fraction of sp³-hybridized carbons (Fsp3) is 0.231. The van der Waals surface area contributed by atoms with Crippen LogP contribution in [0.15, 0.2) is 36.5 Å². The Morgan fingerprint density at radius 1 is 1.44 bits per heavy atom. The van der Waals surface area contributed by atoms with E-state index in [9.17, 15) is 4.79 Å². The van der Waals surface area contributed by atoms with Crippen LogP contribution < -0.4 is 11.1 Å². The van der Waals surface area contributed by atoms with Crippen LogP contribution in [-0.4, -0.2) is 15.7 Å². The van der Waals surface area contributed by atoms with Crippen molar-refractivity contribution in [2.24, 2.45) is 5.73 Å². The van der Waals surface area contributed by atoms with E-state index in [0.717, 1.165) is 17.9 Å². The predicted octanol–water partition coefficient (Wildman–Crippen LogP) is 1.61. The Morgan fingerprint density at radius 2 is 2.28 bits per heavy atom. The van der Waals surface area contributed by atoms with E-state index >= 15 is 0 Å². The molecule has 2 aromatic rings. The highest BCUT2D eigenvalue weighted by atomic mass is 16.1. The highest BCUT2D eigenvalue weighted by molar-refractivity contribution is 5.93. The minimum Gasteiger partial charge on any atom is -0.379 e. The van der Waals surface area contributed by atoms with Crippen molar-refractivity contribution in [1.82, 2.24) is 9.78 Å². The van der Waals surface area contributed by atoms with Crippen LogP contribution in [0.3, 0.4) is 0 Å². The van der Waals surface area contributed by atoms with Gasteiger partial charge in [0.2, 0.25) is 5.91 Å². The molecular formula is C13H16N4O. The molecule has 0 fully saturated rings. The molecule has 0 bridgehead atoms. The van der Waals surface area contributed by atoms with Crippen LogP contribution in [0.5, 0.6) is 0 Å². The van der Waals surface area contributed by atoms with Crippen LogP contribution in [0.25, 0.3) is 0 Å². The minimum atomic E-state index is -0.419. The van der Waals surface area contributed by atoms with Crippen molar-refractivity contribution in [2.45, 2.75) is 20.0 Å². The summed E-state index contributed by atoms with van der Waals surface area (Å²) >= 11 is 0. The molecule has 3 N–H and O–H groups in total. The number of rotatable bonds is 5. The Labute approximate surface area is 106 Å². The zero-order chi connectivity index (χ0) is 13.0. The van der Waals surface area contributed by atoms with Crippen molar-refractivity contribution in [1.29, 1.82) is 0 Å². The van der Waals surface area contributed by atoms with E-state index in [1.54, 1.807) is 24.4 Å². The molecule has 94 valence electrons. The number of anilines is 1. The number of aryl methyl sites for hydroxylation is 1. The van der Waals surface area contributed by atoms with E-state index in [2.05, 4.69) is 10.4 Å². The maximum absolute atomic E-state index is 11.1. The highest BCUT2D eigenvalue weighted by Gasteiger charge is 2.03. The van der Waals surface area contributed by atoms with E-state index < -0.39 is 5.91 Å². The van der Waals surface area contributed by atoms with Crippen LogP contribution >= 0.6 is 0 Å². The fourth-order valence-electron chi connectivity index (χ4n) is 1.77. The lowest BCUT2D eigenvalue weighted by atomic mass is 10.2. The first-order valence-electron chi connectivity index (χ1n) is 5.85. The van der Waals surface area contributed by atoms with Gasteiger partial charge in [0.25, 0.3) is 0 Å². The number of hydrogen-bond donors (Lipinski definition) is 2. The molecule has 0 spiro atoms. The molecular weight excluding hydrogens is 228 g/mol. The summed E-state index contributed by atoms with van der Waals surface area (Å²) in [4.78, 5) is 11.1.